The number of carboxylic acid groups (broad SMARTS) is 1. The first-order valence-electron chi connectivity index (χ1n) is 10.9. The van der Waals surface area contributed by atoms with Gasteiger partial charge in [0, 0.05) is 19.1 Å². The minimum atomic E-state index is -3.71. The molecule has 0 spiro atoms. The lowest BCUT2D eigenvalue weighted by atomic mass is 9.88. The molecule has 0 amide bonds. The number of ether oxygens (including phenoxy) is 3. The molecule has 2 aromatic carbocycles. The van der Waals surface area contributed by atoms with Crippen LogP contribution in [0.3, 0.4) is 0 Å². The number of methoxy groups -OCH3 is 1. The van der Waals surface area contributed by atoms with Gasteiger partial charge < -0.3 is 19.3 Å². The number of pyridine rings is 1. The molecule has 1 saturated carbocycles. The minimum absolute atomic E-state index is 0. The fraction of sp³-hybridized carbons (Fsp3) is 0.269. The summed E-state index contributed by atoms with van der Waals surface area (Å²) in [6.45, 7) is 1.87. The first-order chi connectivity index (χ1) is 16.6. The third-order valence-electron chi connectivity index (χ3n) is 6.44. The van der Waals surface area contributed by atoms with Crippen molar-refractivity contribution in [3.8, 4) is 28.5 Å². The lowest BCUT2D eigenvalue weighted by Crippen LogP contribution is -2.26. The summed E-state index contributed by atoms with van der Waals surface area (Å²) in [7, 11) is 1.40. The van der Waals surface area contributed by atoms with Crippen LogP contribution in [0.4, 0.5) is 8.78 Å². The van der Waals surface area contributed by atoms with Crippen molar-refractivity contribution in [2.24, 2.45) is 0 Å². The van der Waals surface area contributed by atoms with Crippen LogP contribution in [0.5, 0.6) is 17.2 Å². The normalized spacial score (nSPS) is 16.6. The van der Waals surface area contributed by atoms with Crippen molar-refractivity contribution in [1.82, 2.24) is 4.98 Å². The number of halogens is 2. The van der Waals surface area contributed by atoms with E-state index in [-0.39, 0.29) is 36.4 Å². The summed E-state index contributed by atoms with van der Waals surface area (Å²) in [5.41, 5.74) is 2.56. The first kappa shape index (κ1) is 22.8. The van der Waals surface area contributed by atoms with Gasteiger partial charge in [0.1, 0.15) is 17.1 Å². The van der Waals surface area contributed by atoms with Crippen LogP contribution in [0.15, 0.2) is 48.5 Å². The van der Waals surface area contributed by atoms with E-state index in [9.17, 15) is 23.5 Å². The number of carbonyl (C=O) groups excluding carboxylic acids is 1. The van der Waals surface area contributed by atoms with Crippen molar-refractivity contribution in [2.75, 3.05) is 7.11 Å². The van der Waals surface area contributed by atoms with Crippen molar-refractivity contribution in [3.05, 3.63) is 70.9 Å². The molecule has 0 unspecified atom stereocenters. The number of ketones is 1. The molecule has 1 aliphatic heterocycles. The highest BCUT2D eigenvalue weighted by Crippen LogP contribution is 2.52. The van der Waals surface area contributed by atoms with Crippen LogP contribution in [0.1, 0.15) is 41.4 Å². The summed E-state index contributed by atoms with van der Waals surface area (Å²) in [5, 5.41) is 9.32. The Balaban J connectivity index is 0.00000304. The second kappa shape index (κ2) is 8.04. The molecule has 1 aliphatic carbocycles. The molecule has 1 N–H and O–H groups in total. The van der Waals surface area contributed by atoms with Crippen LogP contribution in [0, 0.1) is 6.92 Å². The van der Waals surface area contributed by atoms with Crippen molar-refractivity contribution in [3.63, 3.8) is 0 Å². The maximum Gasteiger partial charge on any atom is 0.586 e. The quantitative estimate of drug-likeness (QED) is 0.495. The number of Topliss-reactive ketones (excluding diaryl/α,β-unsaturated/α-hetero) is 1. The minimum Gasteiger partial charge on any atom is -0.496 e. The number of benzene rings is 2. The average molecular weight is 483 g/mol. The molecule has 9 heteroatoms. The zero-order valence-electron chi connectivity index (χ0n) is 18.9. The topological polar surface area (TPSA) is 95.0 Å². The highest BCUT2D eigenvalue weighted by atomic mass is 19.3. The Morgan fingerprint density at radius 2 is 1.83 bits per heavy atom. The number of nitrogens with zero attached hydrogens (tertiary/aromatic N) is 1. The van der Waals surface area contributed by atoms with Crippen LogP contribution < -0.4 is 14.2 Å². The molecule has 35 heavy (non-hydrogen) atoms. The highest BCUT2D eigenvalue weighted by molar-refractivity contribution is 5.95. The SMILES string of the molecule is COc1cc(-c2nc(CC(=O)C3(c4ccc5c(c4)OC(F)(F)O5)CC3)ccc2C)ccc1C(=O)O.[HH]. The molecule has 7 nitrogen and oxygen atoms in total. The summed E-state index contributed by atoms with van der Waals surface area (Å²) >= 11 is 0. The number of hydrogen-bond donors (Lipinski definition) is 1. The summed E-state index contributed by atoms with van der Waals surface area (Å²) in [6.07, 6.45) is -2.44. The molecule has 2 heterocycles. The standard InChI is InChI=1S/C26H21F2NO6.H2/c1-14-3-6-17(29-23(14)15-4-7-18(24(31)32)20(11-15)33-2)13-22(30)25(9-10-25)16-5-8-19-21(12-16)35-26(27,28)34-19;/h3-8,11-12H,9-10,13H2,1-2H3,(H,31,32);1H. The predicted molar refractivity (Wildman–Crippen MR) is 122 cm³/mol. The second-order valence-electron chi connectivity index (χ2n) is 8.70. The number of alkyl halides is 2. The van der Waals surface area contributed by atoms with Gasteiger partial charge in [0.05, 0.1) is 18.2 Å². The van der Waals surface area contributed by atoms with Gasteiger partial charge >= 0.3 is 12.3 Å². The number of fused-ring (bicyclic) bond motifs is 1. The molecule has 0 bridgehead atoms. The lowest BCUT2D eigenvalue weighted by molar-refractivity contribution is -0.286. The maximum atomic E-state index is 13.4. The van der Waals surface area contributed by atoms with Gasteiger partial charge in [-0.1, -0.05) is 18.2 Å². The van der Waals surface area contributed by atoms with Gasteiger partial charge in [-0.3, -0.25) is 9.78 Å². The van der Waals surface area contributed by atoms with E-state index in [0.29, 0.717) is 35.4 Å². The molecule has 0 radical (unpaired) electrons. The van der Waals surface area contributed by atoms with E-state index in [1.54, 1.807) is 24.3 Å². The van der Waals surface area contributed by atoms with Crippen molar-refractivity contribution in [1.29, 1.82) is 0 Å². The third kappa shape index (κ3) is 4.07. The molecule has 182 valence electrons. The summed E-state index contributed by atoms with van der Waals surface area (Å²) < 4.78 is 41.0. The second-order valence-corrected chi connectivity index (χ2v) is 8.70. The van der Waals surface area contributed by atoms with Crippen molar-refractivity contribution < 1.29 is 39.1 Å². The fourth-order valence-corrected chi connectivity index (χ4v) is 4.41. The summed E-state index contributed by atoms with van der Waals surface area (Å²) in [4.78, 5) is 29.4. The van der Waals surface area contributed by atoms with E-state index in [1.807, 2.05) is 13.0 Å². The van der Waals surface area contributed by atoms with Crippen LogP contribution in [0.2, 0.25) is 0 Å². The van der Waals surface area contributed by atoms with E-state index in [0.717, 1.165) is 5.56 Å². The molecule has 1 aromatic heterocycles. The van der Waals surface area contributed by atoms with Crippen molar-refractivity contribution in [2.45, 2.75) is 37.9 Å². The number of aryl methyl sites for hydroxylation is 1. The number of aromatic nitrogens is 1. The van der Waals surface area contributed by atoms with E-state index < -0.39 is 17.7 Å². The van der Waals surface area contributed by atoms with Crippen molar-refractivity contribution >= 4 is 11.8 Å². The smallest absolute Gasteiger partial charge is 0.496 e. The van der Waals surface area contributed by atoms with E-state index in [1.165, 1.54) is 25.3 Å². The average Bonchev–Trinajstić information content (AvgIpc) is 3.56. The number of aromatic carboxylic acids is 1. The third-order valence-corrected chi connectivity index (χ3v) is 6.44. The monoisotopic (exact) mass is 483 g/mol. The first-order valence-corrected chi connectivity index (χ1v) is 10.9. The predicted octanol–water partition coefficient (Wildman–Crippen LogP) is 5.17. The Bertz CT molecular complexity index is 1370. The Labute approximate surface area is 200 Å². The van der Waals surface area contributed by atoms with Gasteiger partial charge in [-0.15, -0.1) is 8.78 Å². The summed E-state index contributed by atoms with van der Waals surface area (Å²) in [5.74, 6) is -1.09. The van der Waals surface area contributed by atoms with Crippen LogP contribution in [0.25, 0.3) is 11.3 Å². The molecular weight excluding hydrogens is 460 g/mol. The van der Waals surface area contributed by atoms with Gasteiger partial charge in [0.2, 0.25) is 0 Å². The Hall–Kier alpha value is -4.01. The molecule has 3 aromatic rings. The Kier molecular flexibility index (Phi) is 5.23. The zero-order valence-corrected chi connectivity index (χ0v) is 18.9. The Morgan fingerprint density at radius 3 is 2.51 bits per heavy atom. The van der Waals surface area contributed by atoms with Gasteiger partial charge in [0.25, 0.3) is 0 Å². The number of hydrogen-bond acceptors (Lipinski definition) is 6. The molecular formula is C26H23F2NO6. The van der Waals surface area contributed by atoms with Gasteiger partial charge in [-0.25, -0.2) is 4.79 Å². The van der Waals surface area contributed by atoms with E-state index in [4.69, 9.17) is 4.74 Å². The Morgan fingerprint density at radius 1 is 1.09 bits per heavy atom. The molecule has 0 atom stereocenters. The maximum absolute atomic E-state index is 13.4. The molecule has 2 aliphatic rings. The summed E-state index contributed by atoms with van der Waals surface area (Å²) in [6, 6.07) is 12.8. The number of rotatable bonds is 7. The largest absolute Gasteiger partial charge is 0.586 e. The fourth-order valence-electron chi connectivity index (χ4n) is 4.41. The van der Waals surface area contributed by atoms with E-state index >= 15 is 0 Å². The van der Waals surface area contributed by atoms with Gasteiger partial charge in [0.15, 0.2) is 11.5 Å². The van der Waals surface area contributed by atoms with Crippen LogP contribution in [-0.4, -0.2) is 35.2 Å². The molecule has 1 fully saturated rings. The molecule has 0 saturated heterocycles. The van der Waals surface area contributed by atoms with Gasteiger partial charge in [-0.05, 0) is 61.2 Å². The molecule has 5 rings (SSSR count). The lowest BCUT2D eigenvalue weighted by Gasteiger charge is -2.16. The highest BCUT2D eigenvalue weighted by Gasteiger charge is 2.52. The van der Waals surface area contributed by atoms with Crippen LogP contribution in [-0.2, 0) is 16.6 Å². The number of carboxylic acids is 1. The van der Waals surface area contributed by atoms with Crippen LogP contribution >= 0.6 is 0 Å². The number of carbonyl (C=O) groups is 2. The zero-order chi connectivity index (χ0) is 25.0. The van der Waals surface area contributed by atoms with E-state index in [2.05, 4.69) is 14.5 Å². The van der Waals surface area contributed by atoms with Gasteiger partial charge in [-0.2, -0.15) is 0 Å².